The molecule has 3 aromatic rings. The molecule has 5 nitrogen and oxygen atoms in total. The van der Waals surface area contributed by atoms with Gasteiger partial charge in [-0.2, -0.15) is 5.10 Å². The predicted molar refractivity (Wildman–Crippen MR) is 72.0 cm³/mol. The van der Waals surface area contributed by atoms with Crippen molar-refractivity contribution in [3.05, 3.63) is 52.9 Å². The summed E-state index contributed by atoms with van der Waals surface area (Å²) in [6.07, 6.45) is 1.57. The third-order valence-corrected chi connectivity index (χ3v) is 3.46. The van der Waals surface area contributed by atoms with Gasteiger partial charge in [0.2, 0.25) is 5.78 Å². The SMILES string of the molecule is O=C(Cc1nc(-c2ccccc2)cs1)c1ncn[nH]1. The van der Waals surface area contributed by atoms with Crippen LogP contribution in [0.2, 0.25) is 0 Å². The highest BCUT2D eigenvalue weighted by Gasteiger charge is 2.13. The zero-order valence-electron chi connectivity index (χ0n) is 9.91. The first-order valence-corrected chi connectivity index (χ1v) is 6.59. The summed E-state index contributed by atoms with van der Waals surface area (Å²) < 4.78 is 0. The van der Waals surface area contributed by atoms with Crippen molar-refractivity contribution >= 4 is 17.1 Å². The molecule has 0 atom stereocenters. The van der Waals surface area contributed by atoms with E-state index in [9.17, 15) is 4.79 Å². The van der Waals surface area contributed by atoms with Crippen LogP contribution >= 0.6 is 11.3 Å². The van der Waals surface area contributed by atoms with Crippen molar-refractivity contribution in [1.82, 2.24) is 20.2 Å². The molecular weight excluding hydrogens is 260 g/mol. The molecule has 0 saturated carbocycles. The monoisotopic (exact) mass is 270 g/mol. The number of rotatable bonds is 4. The Bertz CT molecular complexity index is 676. The summed E-state index contributed by atoms with van der Waals surface area (Å²) in [7, 11) is 0. The summed E-state index contributed by atoms with van der Waals surface area (Å²) in [6, 6.07) is 9.89. The van der Waals surface area contributed by atoms with Crippen LogP contribution in [0.1, 0.15) is 15.6 Å². The largest absolute Gasteiger partial charge is 0.290 e. The summed E-state index contributed by atoms with van der Waals surface area (Å²) >= 11 is 1.48. The minimum absolute atomic E-state index is 0.105. The molecule has 94 valence electrons. The second-order valence-electron chi connectivity index (χ2n) is 3.93. The highest BCUT2D eigenvalue weighted by Crippen LogP contribution is 2.22. The lowest BCUT2D eigenvalue weighted by Crippen LogP contribution is -2.05. The normalized spacial score (nSPS) is 10.5. The highest BCUT2D eigenvalue weighted by atomic mass is 32.1. The minimum Gasteiger partial charge on any atom is -0.290 e. The maximum absolute atomic E-state index is 11.9. The van der Waals surface area contributed by atoms with E-state index in [2.05, 4.69) is 20.2 Å². The van der Waals surface area contributed by atoms with Crippen LogP contribution in [0, 0.1) is 0 Å². The fourth-order valence-corrected chi connectivity index (χ4v) is 2.50. The van der Waals surface area contributed by atoms with Crippen molar-refractivity contribution in [3.8, 4) is 11.3 Å². The lowest BCUT2D eigenvalue weighted by molar-refractivity contribution is 0.0983. The van der Waals surface area contributed by atoms with E-state index in [1.807, 2.05) is 35.7 Å². The van der Waals surface area contributed by atoms with Crippen LogP contribution in [0.5, 0.6) is 0 Å². The Morgan fingerprint density at radius 3 is 2.84 bits per heavy atom. The molecule has 0 aliphatic carbocycles. The lowest BCUT2D eigenvalue weighted by atomic mass is 10.2. The predicted octanol–water partition coefficient (Wildman–Crippen LogP) is 2.35. The molecule has 0 amide bonds. The molecule has 19 heavy (non-hydrogen) atoms. The number of hydrogen-bond acceptors (Lipinski definition) is 5. The maximum atomic E-state index is 11.9. The molecule has 0 aliphatic rings. The van der Waals surface area contributed by atoms with Gasteiger partial charge in [0.1, 0.15) is 11.3 Å². The lowest BCUT2D eigenvalue weighted by Gasteiger charge is -1.95. The van der Waals surface area contributed by atoms with Crippen LogP contribution in [0.15, 0.2) is 42.0 Å². The fraction of sp³-hybridized carbons (Fsp3) is 0.0769. The summed E-state index contributed by atoms with van der Waals surface area (Å²) in [5.41, 5.74) is 1.95. The van der Waals surface area contributed by atoms with E-state index in [1.54, 1.807) is 0 Å². The number of carbonyl (C=O) groups is 1. The van der Waals surface area contributed by atoms with Crippen LogP contribution in [0.25, 0.3) is 11.3 Å². The number of H-pyrrole nitrogens is 1. The molecular formula is C13H10N4OS. The fourth-order valence-electron chi connectivity index (χ4n) is 1.69. The number of carbonyl (C=O) groups excluding carboxylic acids is 1. The Balaban J connectivity index is 1.77. The molecule has 1 aromatic carbocycles. The summed E-state index contributed by atoms with van der Waals surface area (Å²) in [5, 5.41) is 8.96. The van der Waals surface area contributed by atoms with E-state index in [0.29, 0.717) is 0 Å². The van der Waals surface area contributed by atoms with Crippen molar-refractivity contribution in [2.75, 3.05) is 0 Å². The van der Waals surface area contributed by atoms with Crippen molar-refractivity contribution in [2.45, 2.75) is 6.42 Å². The molecule has 0 aliphatic heterocycles. The summed E-state index contributed by atoms with van der Waals surface area (Å²) in [4.78, 5) is 20.2. The van der Waals surface area contributed by atoms with Crippen molar-refractivity contribution < 1.29 is 4.79 Å². The van der Waals surface area contributed by atoms with Gasteiger partial charge < -0.3 is 0 Å². The number of benzene rings is 1. The number of thiazole rings is 1. The average molecular weight is 270 g/mol. The average Bonchev–Trinajstić information content (AvgIpc) is 3.11. The van der Waals surface area contributed by atoms with Gasteiger partial charge in [0.15, 0.2) is 5.82 Å². The van der Waals surface area contributed by atoms with E-state index in [0.717, 1.165) is 16.3 Å². The zero-order chi connectivity index (χ0) is 13.1. The van der Waals surface area contributed by atoms with Gasteiger partial charge in [-0.15, -0.1) is 11.3 Å². The molecule has 0 fully saturated rings. The topological polar surface area (TPSA) is 71.5 Å². The van der Waals surface area contributed by atoms with Gasteiger partial charge in [-0.1, -0.05) is 30.3 Å². The number of nitrogens with one attached hydrogen (secondary N) is 1. The molecule has 6 heteroatoms. The Hall–Kier alpha value is -2.34. The Morgan fingerprint density at radius 2 is 2.11 bits per heavy atom. The van der Waals surface area contributed by atoms with Gasteiger partial charge in [0.05, 0.1) is 12.1 Å². The number of Topliss-reactive ketones (excluding diaryl/α,β-unsaturated/α-hetero) is 1. The van der Waals surface area contributed by atoms with Gasteiger partial charge in [-0.3, -0.25) is 9.89 Å². The standard InChI is InChI=1S/C13H10N4OS/c18-11(13-14-8-15-17-13)6-12-16-10(7-19-12)9-4-2-1-3-5-9/h1-5,7-8H,6H2,(H,14,15,17). The molecule has 0 radical (unpaired) electrons. The van der Waals surface area contributed by atoms with Gasteiger partial charge >= 0.3 is 0 Å². The van der Waals surface area contributed by atoms with E-state index in [1.165, 1.54) is 17.7 Å². The van der Waals surface area contributed by atoms with Crippen LogP contribution in [-0.2, 0) is 6.42 Å². The van der Waals surface area contributed by atoms with E-state index in [-0.39, 0.29) is 18.0 Å². The van der Waals surface area contributed by atoms with Gasteiger partial charge in [0.25, 0.3) is 0 Å². The second-order valence-corrected chi connectivity index (χ2v) is 4.87. The maximum Gasteiger partial charge on any atom is 0.206 e. The second kappa shape index (κ2) is 5.11. The molecule has 0 unspecified atom stereocenters. The molecule has 1 N–H and O–H groups in total. The smallest absolute Gasteiger partial charge is 0.206 e. The van der Waals surface area contributed by atoms with Crippen molar-refractivity contribution in [1.29, 1.82) is 0 Å². The molecule has 0 bridgehead atoms. The number of aromatic amines is 1. The third-order valence-electron chi connectivity index (χ3n) is 2.61. The molecule has 2 heterocycles. The van der Waals surface area contributed by atoms with E-state index < -0.39 is 0 Å². The summed E-state index contributed by atoms with van der Waals surface area (Å²) in [5.74, 6) is 0.169. The number of hydrogen-bond donors (Lipinski definition) is 1. The Morgan fingerprint density at radius 1 is 1.26 bits per heavy atom. The number of aromatic nitrogens is 4. The van der Waals surface area contributed by atoms with E-state index >= 15 is 0 Å². The minimum atomic E-state index is -0.105. The Kier molecular flexibility index (Phi) is 3.16. The van der Waals surface area contributed by atoms with Crippen LogP contribution in [-0.4, -0.2) is 25.9 Å². The zero-order valence-corrected chi connectivity index (χ0v) is 10.7. The van der Waals surface area contributed by atoms with Gasteiger partial charge in [-0.05, 0) is 0 Å². The highest BCUT2D eigenvalue weighted by molar-refractivity contribution is 7.10. The van der Waals surface area contributed by atoms with Gasteiger partial charge in [-0.25, -0.2) is 9.97 Å². The van der Waals surface area contributed by atoms with Gasteiger partial charge in [0, 0.05) is 10.9 Å². The number of nitrogens with zero attached hydrogens (tertiary/aromatic N) is 3. The first kappa shape index (κ1) is 11.7. The number of ketones is 1. The van der Waals surface area contributed by atoms with Crippen molar-refractivity contribution in [3.63, 3.8) is 0 Å². The Labute approximate surface area is 113 Å². The first-order valence-electron chi connectivity index (χ1n) is 5.71. The van der Waals surface area contributed by atoms with Crippen LogP contribution < -0.4 is 0 Å². The molecule has 0 saturated heterocycles. The molecule has 2 aromatic heterocycles. The summed E-state index contributed by atoms with van der Waals surface area (Å²) in [6.45, 7) is 0. The quantitative estimate of drug-likeness (QED) is 0.739. The van der Waals surface area contributed by atoms with E-state index in [4.69, 9.17) is 0 Å². The molecule has 3 rings (SSSR count). The van der Waals surface area contributed by atoms with Crippen LogP contribution in [0.4, 0.5) is 0 Å². The first-order chi connectivity index (χ1) is 9.33. The van der Waals surface area contributed by atoms with Crippen molar-refractivity contribution in [2.24, 2.45) is 0 Å². The van der Waals surface area contributed by atoms with Crippen LogP contribution in [0.3, 0.4) is 0 Å². The third kappa shape index (κ3) is 2.58. The molecule has 0 spiro atoms.